The summed E-state index contributed by atoms with van der Waals surface area (Å²) in [6.45, 7) is 6.47. The lowest BCUT2D eigenvalue weighted by Gasteiger charge is -2.31. The van der Waals surface area contributed by atoms with Crippen LogP contribution in [0.5, 0.6) is 0 Å². The van der Waals surface area contributed by atoms with Gasteiger partial charge < -0.3 is 0 Å². The van der Waals surface area contributed by atoms with Gasteiger partial charge in [0.2, 0.25) is 0 Å². The van der Waals surface area contributed by atoms with E-state index in [1.807, 2.05) is 5.01 Å². The zero-order chi connectivity index (χ0) is 10.1. The molecule has 1 atom stereocenters. The molecule has 0 N–H and O–H groups in total. The van der Waals surface area contributed by atoms with Gasteiger partial charge in [-0.1, -0.05) is 26.1 Å². The Morgan fingerprint density at radius 2 is 2.31 bits per heavy atom. The Bertz CT molecular complexity index is 250. The third kappa shape index (κ3) is 2.05. The van der Waals surface area contributed by atoms with E-state index in [9.17, 15) is 0 Å². The predicted molar refractivity (Wildman–Crippen MR) is 64.5 cm³/mol. The number of rotatable bonds is 2. The fraction of sp³-hybridized carbons (Fsp3) is 0.778. The van der Waals surface area contributed by atoms with Gasteiger partial charge in [-0.15, -0.1) is 12.6 Å². The molecule has 13 heavy (non-hydrogen) atoms. The Kier molecular flexibility index (Phi) is 3.35. The maximum Gasteiger partial charge on any atom is 0.154 e. The van der Waals surface area contributed by atoms with E-state index >= 15 is 0 Å². The van der Waals surface area contributed by atoms with Crippen LogP contribution in [-0.4, -0.2) is 20.6 Å². The third-order valence-electron chi connectivity index (χ3n) is 2.69. The summed E-state index contributed by atoms with van der Waals surface area (Å²) in [6, 6.07) is 0. The van der Waals surface area contributed by atoms with E-state index in [0.717, 1.165) is 19.3 Å². The number of hydrogen-bond acceptors (Lipinski definition) is 2. The molecule has 0 fully saturated rings. The van der Waals surface area contributed by atoms with Gasteiger partial charge in [-0.2, -0.15) is 5.10 Å². The first-order valence-corrected chi connectivity index (χ1v) is 5.48. The second kappa shape index (κ2) is 3.96. The van der Waals surface area contributed by atoms with Crippen LogP contribution < -0.4 is 0 Å². The van der Waals surface area contributed by atoms with Crippen LogP contribution in [0.25, 0.3) is 0 Å². The Labute approximate surface area is 90.8 Å². The lowest BCUT2D eigenvalue weighted by Crippen LogP contribution is -2.40. The minimum absolute atomic E-state index is 0.0597. The standard InChI is InChI=1S/C9H16N2S2/c1-4-7-6-9(3,5-2)11(10-7)8(12)13/h4-6H2,1-3H3,(H,12,13). The number of nitrogens with zero attached hydrogens (tertiary/aromatic N) is 2. The number of hydrogen-bond donors (Lipinski definition) is 1. The molecule has 0 spiro atoms. The van der Waals surface area contributed by atoms with Crippen LogP contribution in [0.4, 0.5) is 0 Å². The Balaban J connectivity index is 2.88. The van der Waals surface area contributed by atoms with E-state index in [1.54, 1.807) is 0 Å². The molecule has 0 saturated carbocycles. The van der Waals surface area contributed by atoms with Crippen LogP contribution in [0.15, 0.2) is 5.10 Å². The van der Waals surface area contributed by atoms with Crippen molar-refractivity contribution in [2.24, 2.45) is 5.10 Å². The molecule has 0 aromatic heterocycles. The van der Waals surface area contributed by atoms with Crippen LogP contribution in [0.2, 0.25) is 0 Å². The van der Waals surface area contributed by atoms with Gasteiger partial charge in [-0.05, 0) is 19.8 Å². The summed E-state index contributed by atoms with van der Waals surface area (Å²) in [6.07, 6.45) is 3.06. The first-order valence-electron chi connectivity index (χ1n) is 4.63. The fourth-order valence-corrected chi connectivity index (χ4v) is 2.10. The van der Waals surface area contributed by atoms with Crippen molar-refractivity contribution in [1.82, 2.24) is 5.01 Å². The zero-order valence-electron chi connectivity index (χ0n) is 8.37. The van der Waals surface area contributed by atoms with E-state index in [0.29, 0.717) is 4.32 Å². The van der Waals surface area contributed by atoms with Gasteiger partial charge in [0.15, 0.2) is 4.32 Å². The van der Waals surface area contributed by atoms with Gasteiger partial charge in [0.25, 0.3) is 0 Å². The average Bonchev–Trinajstić information content (AvgIpc) is 2.44. The highest BCUT2D eigenvalue weighted by molar-refractivity contribution is 8.10. The lowest BCUT2D eigenvalue weighted by atomic mass is 9.92. The second-order valence-corrected chi connectivity index (χ2v) is 4.75. The molecule has 0 radical (unpaired) electrons. The molecular formula is C9H16N2S2. The van der Waals surface area contributed by atoms with Gasteiger partial charge in [0.05, 0.1) is 5.54 Å². The zero-order valence-corrected chi connectivity index (χ0v) is 10.1. The molecule has 74 valence electrons. The molecule has 4 heteroatoms. The van der Waals surface area contributed by atoms with Gasteiger partial charge in [0, 0.05) is 12.1 Å². The van der Waals surface area contributed by atoms with E-state index in [4.69, 9.17) is 12.2 Å². The second-order valence-electron chi connectivity index (χ2n) is 3.64. The molecule has 0 aliphatic carbocycles. The molecule has 1 rings (SSSR count). The Morgan fingerprint density at radius 3 is 2.62 bits per heavy atom. The molecule has 0 amide bonds. The van der Waals surface area contributed by atoms with Crippen molar-refractivity contribution in [3.8, 4) is 0 Å². The quantitative estimate of drug-likeness (QED) is 0.564. The lowest BCUT2D eigenvalue weighted by molar-refractivity contribution is 0.232. The third-order valence-corrected chi connectivity index (χ3v) is 3.05. The highest BCUT2D eigenvalue weighted by Crippen LogP contribution is 2.32. The van der Waals surface area contributed by atoms with Gasteiger partial charge in [-0.25, -0.2) is 5.01 Å². The van der Waals surface area contributed by atoms with E-state index in [-0.39, 0.29) is 5.54 Å². The van der Waals surface area contributed by atoms with Crippen molar-refractivity contribution in [1.29, 1.82) is 0 Å². The average molecular weight is 216 g/mol. The van der Waals surface area contributed by atoms with Crippen molar-refractivity contribution < 1.29 is 0 Å². The molecule has 2 nitrogen and oxygen atoms in total. The molecule has 1 aliphatic rings. The molecular weight excluding hydrogens is 200 g/mol. The van der Waals surface area contributed by atoms with Gasteiger partial charge in [-0.3, -0.25) is 0 Å². The minimum Gasteiger partial charge on any atom is -0.243 e. The molecule has 1 unspecified atom stereocenters. The van der Waals surface area contributed by atoms with Gasteiger partial charge >= 0.3 is 0 Å². The van der Waals surface area contributed by atoms with E-state index < -0.39 is 0 Å². The maximum atomic E-state index is 5.05. The SMILES string of the molecule is CCC1=NN(C(=S)S)C(C)(CC)C1. The van der Waals surface area contributed by atoms with Crippen molar-refractivity contribution in [2.75, 3.05) is 0 Å². The summed E-state index contributed by atoms with van der Waals surface area (Å²) in [4.78, 5) is 0. The van der Waals surface area contributed by atoms with Crippen LogP contribution in [0.3, 0.4) is 0 Å². The highest BCUT2D eigenvalue weighted by Gasteiger charge is 2.37. The summed E-state index contributed by atoms with van der Waals surface area (Å²) in [5, 5.41) is 6.34. The number of hydrazone groups is 1. The van der Waals surface area contributed by atoms with Crippen molar-refractivity contribution >= 4 is 34.9 Å². The minimum atomic E-state index is 0.0597. The van der Waals surface area contributed by atoms with Crippen molar-refractivity contribution in [2.45, 2.75) is 45.6 Å². The maximum absolute atomic E-state index is 5.05. The monoisotopic (exact) mass is 216 g/mol. The fourth-order valence-electron chi connectivity index (χ4n) is 1.56. The largest absolute Gasteiger partial charge is 0.243 e. The summed E-state index contributed by atoms with van der Waals surface area (Å²) in [5.74, 6) is 0. The van der Waals surface area contributed by atoms with Crippen molar-refractivity contribution in [3.63, 3.8) is 0 Å². The summed E-state index contributed by atoms with van der Waals surface area (Å²) >= 11 is 9.24. The van der Waals surface area contributed by atoms with E-state index in [2.05, 4.69) is 38.5 Å². The molecule has 1 heterocycles. The summed E-state index contributed by atoms with van der Waals surface area (Å²) in [5.41, 5.74) is 1.28. The summed E-state index contributed by atoms with van der Waals surface area (Å²) in [7, 11) is 0. The first-order chi connectivity index (χ1) is 6.03. The molecule has 0 aromatic rings. The van der Waals surface area contributed by atoms with Crippen LogP contribution >= 0.6 is 24.8 Å². The Hall–Kier alpha value is -0.0900. The topological polar surface area (TPSA) is 15.6 Å². The summed E-state index contributed by atoms with van der Waals surface area (Å²) < 4.78 is 0.577. The van der Waals surface area contributed by atoms with Crippen LogP contribution in [0, 0.1) is 0 Å². The van der Waals surface area contributed by atoms with Crippen LogP contribution in [0.1, 0.15) is 40.0 Å². The smallest absolute Gasteiger partial charge is 0.154 e. The van der Waals surface area contributed by atoms with Crippen molar-refractivity contribution in [3.05, 3.63) is 0 Å². The Morgan fingerprint density at radius 1 is 1.69 bits per heavy atom. The molecule has 0 aromatic carbocycles. The normalized spacial score (nSPS) is 27.7. The highest BCUT2D eigenvalue weighted by atomic mass is 32.1. The number of thiocarbonyl (C=S) groups is 1. The number of thiol groups is 1. The molecule has 1 aliphatic heterocycles. The van der Waals surface area contributed by atoms with Crippen LogP contribution in [-0.2, 0) is 0 Å². The van der Waals surface area contributed by atoms with Gasteiger partial charge in [0.1, 0.15) is 0 Å². The predicted octanol–water partition coefficient (Wildman–Crippen LogP) is 2.84. The first kappa shape index (κ1) is 11.0. The van der Waals surface area contributed by atoms with E-state index in [1.165, 1.54) is 5.71 Å². The molecule has 0 saturated heterocycles. The molecule has 0 bridgehead atoms.